The summed E-state index contributed by atoms with van der Waals surface area (Å²) in [6.07, 6.45) is -0.252. The van der Waals surface area contributed by atoms with Crippen LogP contribution in [0.1, 0.15) is 23.5 Å². The maximum absolute atomic E-state index is 13.4. The number of hydrogen-bond acceptors (Lipinski definition) is 4. The van der Waals surface area contributed by atoms with E-state index in [9.17, 15) is 22.8 Å². The third-order valence-electron chi connectivity index (χ3n) is 6.66. The highest BCUT2D eigenvalue weighted by atomic mass is 19.3. The van der Waals surface area contributed by atoms with Crippen LogP contribution in [0.5, 0.6) is 0 Å². The Bertz CT molecular complexity index is 1730. The number of halogens is 3. The number of H-pyrrole nitrogens is 1. The molecule has 7 nitrogen and oxygen atoms in total. The summed E-state index contributed by atoms with van der Waals surface area (Å²) in [5.41, 5.74) is 4.11. The molecule has 0 spiro atoms. The van der Waals surface area contributed by atoms with Crippen molar-refractivity contribution in [1.29, 1.82) is 0 Å². The molecule has 1 amide bonds. The summed E-state index contributed by atoms with van der Waals surface area (Å²) in [5, 5.41) is 6.45. The Morgan fingerprint density at radius 1 is 1.07 bits per heavy atom. The van der Waals surface area contributed by atoms with Crippen LogP contribution in [0.4, 0.5) is 30.4 Å². The zero-order valence-corrected chi connectivity index (χ0v) is 21.7. The molecule has 10 heteroatoms. The summed E-state index contributed by atoms with van der Waals surface area (Å²) in [7, 11) is 1.69. The molecule has 3 heterocycles. The number of hydrogen-bond donors (Lipinski definition) is 3. The molecule has 5 rings (SSSR count). The van der Waals surface area contributed by atoms with Gasteiger partial charge in [-0.25, -0.2) is 18.2 Å². The number of amides is 1. The normalized spacial score (nSPS) is 12.1. The number of pyridine rings is 2. The molecule has 0 aliphatic rings. The first-order valence-corrected chi connectivity index (χ1v) is 12.6. The quantitative estimate of drug-likeness (QED) is 0.208. The number of aryl methyl sites for hydroxylation is 2. The molecule has 3 N–H and O–H groups in total. The maximum atomic E-state index is 13.4. The van der Waals surface area contributed by atoms with Gasteiger partial charge in [-0.1, -0.05) is 30.3 Å². The summed E-state index contributed by atoms with van der Waals surface area (Å²) >= 11 is 0. The molecule has 5 aromatic rings. The average molecular weight is 546 g/mol. The zero-order chi connectivity index (χ0) is 28.4. The molecule has 0 fully saturated rings. The summed E-state index contributed by atoms with van der Waals surface area (Å²) in [6.45, 7) is 1.89. The minimum Gasteiger partial charge on any atom is -0.353 e. The van der Waals surface area contributed by atoms with Gasteiger partial charge < -0.3 is 20.2 Å². The molecule has 2 aromatic carbocycles. The summed E-state index contributed by atoms with van der Waals surface area (Å²) in [5.74, 6) is -2.30. The van der Waals surface area contributed by atoms with Crippen LogP contribution in [0.15, 0.2) is 83.9 Å². The fourth-order valence-electron chi connectivity index (χ4n) is 4.74. The van der Waals surface area contributed by atoms with Gasteiger partial charge in [-0.2, -0.15) is 0 Å². The third-order valence-corrected chi connectivity index (χ3v) is 6.66. The Kier molecular flexibility index (Phi) is 7.41. The number of nitrogens with zero attached hydrogens (tertiary/aromatic N) is 2. The van der Waals surface area contributed by atoms with Crippen LogP contribution in [0.3, 0.4) is 0 Å². The number of aromatic nitrogens is 3. The molecule has 204 valence electrons. The lowest BCUT2D eigenvalue weighted by molar-refractivity contribution is -0.118. The topological polar surface area (TPSA) is 91.8 Å². The first-order valence-electron chi connectivity index (χ1n) is 12.6. The molecular formula is C30H26F3N5O2. The van der Waals surface area contributed by atoms with E-state index in [-0.39, 0.29) is 16.9 Å². The Labute approximate surface area is 227 Å². The number of para-hydroxylation sites is 1. The van der Waals surface area contributed by atoms with Crippen molar-refractivity contribution in [2.24, 2.45) is 7.05 Å². The van der Waals surface area contributed by atoms with E-state index in [1.54, 1.807) is 25.4 Å². The molecule has 0 aliphatic carbocycles. The fraction of sp³-hybridized carbons (Fsp3) is 0.167. The van der Waals surface area contributed by atoms with Gasteiger partial charge in [-0.15, -0.1) is 0 Å². The molecule has 1 atom stereocenters. The number of aromatic amines is 1. The van der Waals surface area contributed by atoms with Gasteiger partial charge in [0.25, 0.3) is 5.56 Å². The van der Waals surface area contributed by atoms with E-state index >= 15 is 0 Å². The van der Waals surface area contributed by atoms with Crippen molar-refractivity contribution in [2.75, 3.05) is 10.6 Å². The van der Waals surface area contributed by atoms with E-state index in [0.717, 1.165) is 23.4 Å². The van der Waals surface area contributed by atoms with Crippen LogP contribution in [0.2, 0.25) is 0 Å². The van der Waals surface area contributed by atoms with E-state index in [4.69, 9.17) is 0 Å². The Hall–Kier alpha value is -4.86. The lowest BCUT2D eigenvalue weighted by Gasteiger charge is -2.17. The minimum absolute atomic E-state index is 0.137. The van der Waals surface area contributed by atoms with E-state index in [2.05, 4.69) is 20.6 Å². The molecule has 0 aliphatic heterocycles. The second-order valence-corrected chi connectivity index (χ2v) is 9.49. The summed E-state index contributed by atoms with van der Waals surface area (Å²) < 4.78 is 41.6. The highest BCUT2D eigenvalue weighted by Crippen LogP contribution is 2.37. The van der Waals surface area contributed by atoms with Gasteiger partial charge in [0.05, 0.1) is 28.2 Å². The van der Waals surface area contributed by atoms with Crippen molar-refractivity contribution in [1.82, 2.24) is 14.5 Å². The van der Waals surface area contributed by atoms with Crippen molar-refractivity contribution in [2.45, 2.75) is 25.7 Å². The van der Waals surface area contributed by atoms with Gasteiger partial charge in [-0.05, 0) is 54.4 Å². The standard InChI is InChI=1S/C30H26F3N5O2/c1-17-16-38(2)30(40)25-26(17)37-27(28(25)35-21-6-4-3-5-7-21)19-12-13-34-24(14-19)36-29(39)22(15-23(32)33)18-8-10-20(31)11-9-18/h3-14,16,22-23,35,37H,15H2,1-2H3,(H,34,36,39)/t22-/m1/s1. The van der Waals surface area contributed by atoms with Crippen molar-refractivity contribution >= 4 is 34.0 Å². The second kappa shape index (κ2) is 11.1. The Morgan fingerprint density at radius 2 is 1.80 bits per heavy atom. The first-order chi connectivity index (χ1) is 19.2. The summed E-state index contributed by atoms with van der Waals surface area (Å²) in [6, 6.07) is 17.6. The van der Waals surface area contributed by atoms with Gasteiger partial charge in [0.15, 0.2) is 0 Å². The first kappa shape index (κ1) is 26.7. The van der Waals surface area contributed by atoms with E-state index in [1.807, 2.05) is 37.3 Å². The number of nitrogens with one attached hydrogen (secondary N) is 3. The number of carbonyl (C=O) groups excluding carboxylic acids is 1. The molecular weight excluding hydrogens is 519 g/mol. The molecule has 0 saturated heterocycles. The van der Waals surface area contributed by atoms with Gasteiger partial charge in [-0.3, -0.25) is 9.59 Å². The molecule has 40 heavy (non-hydrogen) atoms. The smallest absolute Gasteiger partial charge is 0.261 e. The van der Waals surface area contributed by atoms with Gasteiger partial charge in [0.2, 0.25) is 12.3 Å². The molecule has 3 aromatic heterocycles. The zero-order valence-electron chi connectivity index (χ0n) is 21.7. The number of carbonyl (C=O) groups is 1. The van der Waals surface area contributed by atoms with E-state index < -0.39 is 30.5 Å². The van der Waals surface area contributed by atoms with Gasteiger partial charge >= 0.3 is 0 Å². The highest BCUT2D eigenvalue weighted by Gasteiger charge is 2.26. The SMILES string of the molecule is Cc1cn(C)c(=O)c2c(Nc3ccccc3)c(-c3ccnc(NC(=O)[C@H](CC(F)F)c4ccc(F)cc4)c3)[nH]c12. The predicted octanol–water partition coefficient (Wildman–Crippen LogP) is 6.50. The molecule has 0 unspecified atom stereocenters. The lowest BCUT2D eigenvalue weighted by Crippen LogP contribution is -2.23. The van der Waals surface area contributed by atoms with Crippen LogP contribution in [-0.2, 0) is 11.8 Å². The van der Waals surface area contributed by atoms with Crippen LogP contribution in [0.25, 0.3) is 22.2 Å². The highest BCUT2D eigenvalue weighted by molar-refractivity contribution is 6.04. The van der Waals surface area contributed by atoms with Crippen LogP contribution < -0.4 is 16.2 Å². The second-order valence-electron chi connectivity index (χ2n) is 9.49. The Balaban J connectivity index is 1.55. The molecule has 0 bridgehead atoms. The van der Waals surface area contributed by atoms with E-state index in [0.29, 0.717) is 27.8 Å². The molecule has 0 saturated carbocycles. The number of anilines is 3. The largest absolute Gasteiger partial charge is 0.353 e. The number of fused-ring (bicyclic) bond motifs is 1. The van der Waals surface area contributed by atoms with Gasteiger partial charge in [0, 0.05) is 37.1 Å². The fourth-order valence-corrected chi connectivity index (χ4v) is 4.74. The van der Waals surface area contributed by atoms with Gasteiger partial charge in [0.1, 0.15) is 11.6 Å². The van der Waals surface area contributed by atoms with Crippen molar-refractivity contribution in [3.63, 3.8) is 0 Å². The van der Waals surface area contributed by atoms with Crippen LogP contribution >= 0.6 is 0 Å². The number of rotatable bonds is 8. The monoisotopic (exact) mass is 545 g/mol. The minimum atomic E-state index is -2.75. The predicted molar refractivity (Wildman–Crippen MR) is 150 cm³/mol. The Morgan fingerprint density at radius 3 is 2.50 bits per heavy atom. The van der Waals surface area contributed by atoms with Crippen molar-refractivity contribution in [3.05, 3.63) is 106 Å². The third kappa shape index (κ3) is 5.47. The lowest BCUT2D eigenvalue weighted by atomic mass is 9.95. The van der Waals surface area contributed by atoms with E-state index in [1.165, 1.54) is 22.9 Å². The maximum Gasteiger partial charge on any atom is 0.261 e. The van der Waals surface area contributed by atoms with Crippen molar-refractivity contribution < 1.29 is 18.0 Å². The number of alkyl halides is 2. The van der Waals surface area contributed by atoms with Crippen LogP contribution in [-0.4, -0.2) is 26.9 Å². The average Bonchev–Trinajstić information content (AvgIpc) is 3.31. The molecule has 0 radical (unpaired) electrons. The number of benzene rings is 2. The summed E-state index contributed by atoms with van der Waals surface area (Å²) in [4.78, 5) is 33.9. The van der Waals surface area contributed by atoms with Crippen molar-refractivity contribution in [3.8, 4) is 11.3 Å². The van der Waals surface area contributed by atoms with Crippen LogP contribution in [0, 0.1) is 12.7 Å².